The van der Waals surface area contributed by atoms with Crippen LogP contribution in [0.25, 0.3) is 0 Å². The van der Waals surface area contributed by atoms with Gasteiger partial charge in [-0.3, -0.25) is 9.59 Å². The van der Waals surface area contributed by atoms with Gasteiger partial charge in [0.25, 0.3) is 0 Å². The highest BCUT2D eigenvalue weighted by Crippen LogP contribution is 2.30. The summed E-state index contributed by atoms with van der Waals surface area (Å²) in [7, 11) is 0. The molecule has 2 aliphatic rings. The molecule has 0 bridgehead atoms. The Bertz CT molecular complexity index is 606. The van der Waals surface area contributed by atoms with Crippen molar-refractivity contribution in [2.45, 2.75) is 70.9 Å². The zero-order chi connectivity index (χ0) is 17.8. The Morgan fingerprint density at radius 3 is 2.72 bits per heavy atom. The van der Waals surface area contributed by atoms with E-state index in [2.05, 4.69) is 21.8 Å². The fraction of sp³-hybridized carbons (Fsp3) is 0.737. The first kappa shape index (κ1) is 18.0. The Labute approximate surface area is 150 Å². The number of hydrogen-bond donors (Lipinski definition) is 1. The maximum Gasteiger partial charge on any atom is 0.245 e. The molecule has 0 spiro atoms. The van der Waals surface area contributed by atoms with Crippen LogP contribution in [0.3, 0.4) is 0 Å². The van der Waals surface area contributed by atoms with Gasteiger partial charge in [0.15, 0.2) is 0 Å². The van der Waals surface area contributed by atoms with Gasteiger partial charge in [0.1, 0.15) is 11.9 Å². The molecule has 6 nitrogen and oxygen atoms in total. The largest absolute Gasteiger partial charge is 0.344 e. The second kappa shape index (κ2) is 8.02. The van der Waals surface area contributed by atoms with Crippen molar-refractivity contribution in [2.75, 3.05) is 13.1 Å². The molecule has 1 saturated heterocycles. The molecule has 1 saturated carbocycles. The van der Waals surface area contributed by atoms with Crippen molar-refractivity contribution in [2.24, 2.45) is 5.92 Å². The number of rotatable bonds is 5. The third kappa shape index (κ3) is 4.05. The number of piperidine rings is 1. The molecule has 2 heterocycles. The van der Waals surface area contributed by atoms with Crippen molar-refractivity contribution in [3.63, 3.8) is 0 Å². The summed E-state index contributed by atoms with van der Waals surface area (Å²) in [5.74, 6) is 1.36. The number of aromatic nitrogens is 2. The van der Waals surface area contributed by atoms with E-state index < -0.39 is 0 Å². The van der Waals surface area contributed by atoms with Crippen molar-refractivity contribution < 1.29 is 9.59 Å². The van der Waals surface area contributed by atoms with Gasteiger partial charge < -0.3 is 14.8 Å². The molecular formula is C19H30N4O2. The second-order valence-electron chi connectivity index (χ2n) is 7.41. The molecule has 1 N–H and O–H groups in total. The summed E-state index contributed by atoms with van der Waals surface area (Å²) in [6.45, 7) is 5.12. The van der Waals surface area contributed by atoms with Crippen molar-refractivity contribution in [1.82, 2.24) is 19.8 Å². The van der Waals surface area contributed by atoms with E-state index in [0.29, 0.717) is 6.54 Å². The summed E-state index contributed by atoms with van der Waals surface area (Å²) in [6.07, 6.45) is 11.2. The normalized spacial score (nSPS) is 22.8. The molecule has 2 atom stereocenters. The zero-order valence-electron chi connectivity index (χ0n) is 15.4. The number of likely N-dealkylation sites (tertiary alicyclic amines) is 1. The van der Waals surface area contributed by atoms with Gasteiger partial charge in [-0.25, -0.2) is 4.98 Å². The molecular weight excluding hydrogens is 316 g/mol. The summed E-state index contributed by atoms with van der Waals surface area (Å²) in [4.78, 5) is 31.2. The Morgan fingerprint density at radius 1 is 1.28 bits per heavy atom. The first-order chi connectivity index (χ1) is 12.1. The van der Waals surface area contributed by atoms with Gasteiger partial charge in [-0.2, -0.15) is 0 Å². The summed E-state index contributed by atoms with van der Waals surface area (Å²) >= 11 is 0. The van der Waals surface area contributed by atoms with Crippen molar-refractivity contribution in [1.29, 1.82) is 0 Å². The standard InChI is InChI=1S/C19H30N4O2/c1-3-17-20-10-12-23(17)16-9-6-11-22(13-16)19(25)18(21-14(2)24)15-7-4-5-8-15/h10,12,15-16,18H,3-9,11,13H2,1-2H3,(H,21,24)/t16-,18+/m1/s1. The maximum atomic E-state index is 13.2. The third-order valence-electron chi connectivity index (χ3n) is 5.66. The number of carbonyl (C=O) groups excluding carboxylic acids is 2. The zero-order valence-corrected chi connectivity index (χ0v) is 15.4. The summed E-state index contributed by atoms with van der Waals surface area (Å²) in [5, 5.41) is 2.94. The molecule has 1 aliphatic heterocycles. The highest BCUT2D eigenvalue weighted by molar-refractivity contribution is 5.87. The molecule has 138 valence electrons. The quantitative estimate of drug-likeness (QED) is 0.889. The van der Waals surface area contributed by atoms with Gasteiger partial charge in [-0.05, 0) is 31.6 Å². The van der Waals surface area contributed by atoms with Gasteiger partial charge in [-0.1, -0.05) is 19.8 Å². The average molecular weight is 346 g/mol. The molecule has 2 fully saturated rings. The molecule has 1 aromatic rings. The highest BCUT2D eigenvalue weighted by atomic mass is 16.2. The van der Waals surface area contributed by atoms with Crippen molar-refractivity contribution in [3.8, 4) is 0 Å². The number of amides is 2. The molecule has 2 amide bonds. The van der Waals surface area contributed by atoms with E-state index in [1.54, 1.807) is 0 Å². The summed E-state index contributed by atoms with van der Waals surface area (Å²) < 4.78 is 2.22. The van der Waals surface area contributed by atoms with E-state index in [0.717, 1.165) is 57.3 Å². The van der Waals surface area contributed by atoms with E-state index in [-0.39, 0.29) is 29.8 Å². The minimum atomic E-state index is -0.354. The molecule has 0 aromatic carbocycles. The smallest absolute Gasteiger partial charge is 0.245 e. The van der Waals surface area contributed by atoms with Gasteiger partial charge in [0, 0.05) is 38.8 Å². The number of nitrogens with one attached hydrogen (secondary N) is 1. The molecule has 0 radical (unpaired) electrons. The Kier molecular flexibility index (Phi) is 5.76. The van der Waals surface area contributed by atoms with Crippen LogP contribution in [0.4, 0.5) is 0 Å². The fourth-order valence-corrected chi connectivity index (χ4v) is 4.42. The second-order valence-corrected chi connectivity index (χ2v) is 7.41. The maximum absolute atomic E-state index is 13.2. The topological polar surface area (TPSA) is 67.2 Å². The lowest BCUT2D eigenvalue weighted by Crippen LogP contribution is -2.53. The number of nitrogens with zero attached hydrogens (tertiary/aromatic N) is 3. The SMILES string of the molecule is CCc1nccn1[C@@H]1CCCN(C(=O)[C@@H](NC(C)=O)C2CCCC2)C1. The van der Waals surface area contributed by atoms with Crippen LogP contribution in [0.15, 0.2) is 12.4 Å². The molecule has 1 aromatic heterocycles. The number of hydrogen-bond acceptors (Lipinski definition) is 3. The summed E-state index contributed by atoms with van der Waals surface area (Å²) in [5.41, 5.74) is 0. The molecule has 0 unspecified atom stereocenters. The fourth-order valence-electron chi connectivity index (χ4n) is 4.42. The third-order valence-corrected chi connectivity index (χ3v) is 5.66. The van der Waals surface area contributed by atoms with Crippen LogP contribution < -0.4 is 5.32 Å². The van der Waals surface area contributed by atoms with Gasteiger partial charge in [0.2, 0.25) is 11.8 Å². The van der Waals surface area contributed by atoms with Gasteiger partial charge in [0.05, 0.1) is 6.04 Å². The first-order valence-electron chi connectivity index (χ1n) is 9.67. The molecule has 1 aliphatic carbocycles. The lowest BCUT2D eigenvalue weighted by Gasteiger charge is -2.37. The molecule has 6 heteroatoms. The first-order valence-corrected chi connectivity index (χ1v) is 9.67. The van der Waals surface area contributed by atoms with Crippen molar-refractivity contribution >= 4 is 11.8 Å². The van der Waals surface area contributed by atoms with E-state index in [9.17, 15) is 9.59 Å². The highest BCUT2D eigenvalue weighted by Gasteiger charge is 2.36. The van der Waals surface area contributed by atoms with E-state index in [4.69, 9.17) is 0 Å². The lowest BCUT2D eigenvalue weighted by molar-refractivity contribution is -0.139. The minimum absolute atomic E-state index is 0.102. The minimum Gasteiger partial charge on any atom is -0.344 e. The molecule has 25 heavy (non-hydrogen) atoms. The van der Waals surface area contributed by atoms with Crippen LogP contribution in [-0.4, -0.2) is 45.4 Å². The van der Waals surface area contributed by atoms with Crippen LogP contribution in [0.2, 0.25) is 0 Å². The number of imidazole rings is 1. The van der Waals surface area contributed by atoms with E-state index >= 15 is 0 Å². The Morgan fingerprint density at radius 2 is 2.04 bits per heavy atom. The Balaban J connectivity index is 1.72. The lowest BCUT2D eigenvalue weighted by atomic mass is 9.95. The average Bonchev–Trinajstić information content (AvgIpc) is 3.30. The molecule has 3 rings (SSSR count). The predicted molar refractivity (Wildman–Crippen MR) is 96.0 cm³/mol. The summed E-state index contributed by atoms with van der Waals surface area (Å²) in [6, 6.07) is -0.0658. The van der Waals surface area contributed by atoms with E-state index in [1.807, 2.05) is 17.3 Å². The van der Waals surface area contributed by atoms with Crippen LogP contribution in [0.1, 0.15) is 64.2 Å². The van der Waals surface area contributed by atoms with Gasteiger partial charge in [-0.15, -0.1) is 0 Å². The van der Waals surface area contributed by atoms with Crippen LogP contribution in [0, 0.1) is 5.92 Å². The van der Waals surface area contributed by atoms with Crippen LogP contribution in [-0.2, 0) is 16.0 Å². The van der Waals surface area contributed by atoms with Crippen molar-refractivity contribution in [3.05, 3.63) is 18.2 Å². The monoisotopic (exact) mass is 346 g/mol. The van der Waals surface area contributed by atoms with Crippen LogP contribution in [0.5, 0.6) is 0 Å². The number of aryl methyl sites for hydroxylation is 1. The number of carbonyl (C=O) groups is 2. The van der Waals surface area contributed by atoms with Gasteiger partial charge >= 0.3 is 0 Å². The Hall–Kier alpha value is -1.85. The van der Waals surface area contributed by atoms with Crippen LogP contribution >= 0.6 is 0 Å². The van der Waals surface area contributed by atoms with E-state index in [1.165, 1.54) is 6.92 Å². The predicted octanol–water partition coefficient (Wildman–Crippen LogP) is 2.30.